The van der Waals surface area contributed by atoms with Crippen molar-refractivity contribution in [2.24, 2.45) is 10.9 Å². The minimum absolute atomic E-state index is 0.626. The summed E-state index contributed by atoms with van der Waals surface area (Å²) in [4.78, 5) is 13.2. The number of likely N-dealkylation sites (N-methyl/N-ethyl adjacent to an activating group) is 2. The zero-order valence-corrected chi connectivity index (χ0v) is 11.1. The molecule has 0 N–H and O–H groups in total. The Kier molecular flexibility index (Phi) is 3.36. The summed E-state index contributed by atoms with van der Waals surface area (Å²) in [6, 6.07) is 0. The summed E-state index contributed by atoms with van der Waals surface area (Å²) in [6.45, 7) is 7.45. The molecular weight excluding hydrogens is 214 g/mol. The van der Waals surface area contributed by atoms with Crippen molar-refractivity contribution in [2.45, 2.75) is 20.4 Å². The van der Waals surface area contributed by atoms with E-state index < -0.39 is 0 Å². The van der Waals surface area contributed by atoms with E-state index in [1.807, 2.05) is 12.5 Å². The number of hydrogen-bond donors (Lipinski definition) is 0. The van der Waals surface area contributed by atoms with E-state index in [0.29, 0.717) is 5.92 Å². The topological polar surface area (TPSA) is 36.7 Å². The van der Waals surface area contributed by atoms with Gasteiger partial charge in [-0.05, 0) is 5.92 Å². The molecule has 2 rings (SSSR count). The molecule has 0 aliphatic carbocycles. The molecule has 0 saturated carbocycles. The third kappa shape index (κ3) is 2.78. The van der Waals surface area contributed by atoms with Crippen LogP contribution in [0.3, 0.4) is 0 Å². The Bertz CT molecular complexity index is 395. The molecule has 0 amide bonds. The summed E-state index contributed by atoms with van der Waals surface area (Å²) >= 11 is 0. The van der Waals surface area contributed by atoms with E-state index in [1.54, 1.807) is 0 Å². The largest absolute Gasteiger partial charge is 0.344 e. The Hall–Kier alpha value is -1.52. The molecular formula is C12H21N5. The van der Waals surface area contributed by atoms with Crippen molar-refractivity contribution in [1.29, 1.82) is 0 Å². The van der Waals surface area contributed by atoms with E-state index in [1.165, 1.54) is 0 Å². The highest BCUT2D eigenvalue weighted by molar-refractivity contribution is 5.83. The van der Waals surface area contributed by atoms with Crippen molar-refractivity contribution in [3.8, 4) is 0 Å². The van der Waals surface area contributed by atoms with E-state index in [2.05, 4.69) is 52.3 Å². The number of aliphatic imine (C=N–C) groups is 1. The van der Waals surface area contributed by atoms with E-state index in [-0.39, 0.29) is 0 Å². The molecule has 5 heteroatoms. The Labute approximate surface area is 103 Å². The lowest BCUT2D eigenvalue weighted by Gasteiger charge is -2.14. The molecule has 0 spiro atoms. The van der Waals surface area contributed by atoms with E-state index in [0.717, 1.165) is 31.4 Å². The van der Waals surface area contributed by atoms with Crippen LogP contribution in [0.5, 0.6) is 0 Å². The van der Waals surface area contributed by atoms with E-state index in [9.17, 15) is 0 Å². The van der Waals surface area contributed by atoms with Gasteiger partial charge in [-0.3, -0.25) is 0 Å². The molecule has 2 heterocycles. The van der Waals surface area contributed by atoms with Crippen molar-refractivity contribution in [3.05, 3.63) is 12.5 Å². The Morgan fingerprint density at radius 1 is 1.29 bits per heavy atom. The molecule has 0 bridgehead atoms. The summed E-state index contributed by atoms with van der Waals surface area (Å²) in [5, 5.41) is 0. The minimum atomic E-state index is 0.626. The molecule has 1 fully saturated rings. The van der Waals surface area contributed by atoms with Crippen molar-refractivity contribution in [2.75, 3.05) is 27.2 Å². The molecule has 0 unspecified atom stereocenters. The van der Waals surface area contributed by atoms with Gasteiger partial charge >= 0.3 is 0 Å². The summed E-state index contributed by atoms with van der Waals surface area (Å²) in [7, 11) is 4.13. The molecule has 0 atom stereocenters. The molecule has 17 heavy (non-hydrogen) atoms. The van der Waals surface area contributed by atoms with Crippen molar-refractivity contribution < 1.29 is 0 Å². The van der Waals surface area contributed by atoms with Crippen LogP contribution in [0.2, 0.25) is 0 Å². The molecule has 5 nitrogen and oxygen atoms in total. The van der Waals surface area contributed by atoms with Gasteiger partial charge in [-0.1, -0.05) is 13.8 Å². The highest BCUT2D eigenvalue weighted by Gasteiger charge is 2.19. The van der Waals surface area contributed by atoms with Gasteiger partial charge in [0, 0.05) is 39.9 Å². The maximum absolute atomic E-state index is 4.58. The SMILES string of the molecule is CC(C)Cn1cnc(N=C2N(C)CCN2C)c1. The predicted octanol–water partition coefficient (Wildman–Crippen LogP) is 1.40. The van der Waals surface area contributed by atoms with Crippen molar-refractivity contribution in [3.63, 3.8) is 0 Å². The van der Waals surface area contributed by atoms with Crippen molar-refractivity contribution in [1.82, 2.24) is 19.4 Å². The van der Waals surface area contributed by atoms with Gasteiger partial charge in [0.1, 0.15) is 0 Å². The fourth-order valence-corrected chi connectivity index (χ4v) is 1.99. The highest BCUT2D eigenvalue weighted by Crippen LogP contribution is 2.13. The summed E-state index contributed by atoms with van der Waals surface area (Å²) in [5.41, 5.74) is 0. The average Bonchev–Trinajstić information content (AvgIpc) is 2.79. The van der Waals surface area contributed by atoms with Gasteiger partial charge in [-0.2, -0.15) is 4.99 Å². The van der Waals surface area contributed by atoms with Gasteiger partial charge in [-0.15, -0.1) is 0 Å². The first-order chi connectivity index (χ1) is 8.06. The minimum Gasteiger partial charge on any atom is -0.344 e. The first-order valence-electron chi connectivity index (χ1n) is 6.09. The second-order valence-electron chi connectivity index (χ2n) is 5.08. The van der Waals surface area contributed by atoms with Crippen LogP contribution >= 0.6 is 0 Å². The van der Waals surface area contributed by atoms with Gasteiger partial charge in [-0.25, -0.2) is 4.98 Å². The Balaban J connectivity index is 2.12. The number of imidazole rings is 1. The summed E-state index contributed by atoms with van der Waals surface area (Å²) < 4.78 is 2.10. The molecule has 1 aliphatic rings. The standard InChI is InChI=1S/C12H21N5/c1-10(2)7-17-8-11(13-9-17)14-12-15(3)5-6-16(12)4/h8-10H,5-7H2,1-4H3. The highest BCUT2D eigenvalue weighted by atomic mass is 15.4. The second kappa shape index (κ2) is 4.77. The first-order valence-corrected chi connectivity index (χ1v) is 6.09. The summed E-state index contributed by atoms with van der Waals surface area (Å²) in [5.74, 6) is 2.42. The fraction of sp³-hybridized carbons (Fsp3) is 0.667. The third-order valence-electron chi connectivity index (χ3n) is 2.86. The molecule has 1 aromatic rings. The van der Waals surface area contributed by atoms with Crippen LogP contribution in [-0.2, 0) is 6.54 Å². The maximum atomic E-state index is 4.58. The predicted molar refractivity (Wildman–Crippen MR) is 69.4 cm³/mol. The second-order valence-corrected chi connectivity index (χ2v) is 5.08. The molecule has 1 saturated heterocycles. The number of aromatic nitrogens is 2. The monoisotopic (exact) mass is 235 g/mol. The van der Waals surface area contributed by atoms with Crippen LogP contribution in [0.1, 0.15) is 13.8 Å². The van der Waals surface area contributed by atoms with E-state index >= 15 is 0 Å². The zero-order chi connectivity index (χ0) is 12.4. The van der Waals surface area contributed by atoms with Crippen LogP contribution in [0, 0.1) is 5.92 Å². The van der Waals surface area contributed by atoms with Gasteiger partial charge in [0.25, 0.3) is 0 Å². The Morgan fingerprint density at radius 3 is 2.53 bits per heavy atom. The summed E-state index contributed by atoms with van der Waals surface area (Å²) in [6.07, 6.45) is 3.86. The average molecular weight is 235 g/mol. The van der Waals surface area contributed by atoms with Gasteiger partial charge in [0.05, 0.1) is 6.33 Å². The number of guanidine groups is 1. The van der Waals surface area contributed by atoms with Gasteiger partial charge in [0.2, 0.25) is 5.96 Å². The number of nitrogens with zero attached hydrogens (tertiary/aromatic N) is 5. The first kappa shape index (κ1) is 12.0. The maximum Gasteiger partial charge on any atom is 0.202 e. The van der Waals surface area contributed by atoms with Crippen LogP contribution < -0.4 is 0 Å². The van der Waals surface area contributed by atoms with E-state index in [4.69, 9.17) is 0 Å². The zero-order valence-electron chi connectivity index (χ0n) is 11.1. The Morgan fingerprint density at radius 2 is 1.94 bits per heavy atom. The molecule has 94 valence electrons. The van der Waals surface area contributed by atoms with Crippen LogP contribution in [0.15, 0.2) is 17.5 Å². The fourth-order valence-electron chi connectivity index (χ4n) is 1.99. The van der Waals surface area contributed by atoms with Crippen molar-refractivity contribution >= 4 is 11.8 Å². The smallest absolute Gasteiger partial charge is 0.202 e. The van der Waals surface area contributed by atoms with Gasteiger partial charge in [0.15, 0.2) is 5.82 Å². The van der Waals surface area contributed by atoms with Crippen LogP contribution in [0.4, 0.5) is 5.82 Å². The number of hydrogen-bond acceptors (Lipinski definition) is 2. The third-order valence-corrected chi connectivity index (χ3v) is 2.86. The molecule has 1 aliphatic heterocycles. The van der Waals surface area contributed by atoms with Crippen LogP contribution in [-0.4, -0.2) is 52.5 Å². The number of rotatable bonds is 3. The quantitative estimate of drug-likeness (QED) is 0.794. The lowest BCUT2D eigenvalue weighted by Crippen LogP contribution is -2.27. The van der Waals surface area contributed by atoms with Crippen LogP contribution in [0.25, 0.3) is 0 Å². The molecule has 0 aromatic carbocycles. The van der Waals surface area contributed by atoms with Gasteiger partial charge < -0.3 is 14.4 Å². The molecule has 0 radical (unpaired) electrons. The normalized spacial score (nSPS) is 16.2. The lowest BCUT2D eigenvalue weighted by atomic mass is 10.2. The molecule has 1 aromatic heterocycles. The lowest BCUT2D eigenvalue weighted by molar-refractivity contribution is 0.523.